The fourth-order valence-corrected chi connectivity index (χ4v) is 4.29. The van der Waals surface area contributed by atoms with Crippen molar-refractivity contribution in [1.29, 1.82) is 0 Å². The number of amides is 1. The van der Waals surface area contributed by atoms with Crippen molar-refractivity contribution in [2.75, 3.05) is 27.3 Å². The normalized spacial score (nSPS) is 15.8. The molecule has 7 heteroatoms. The number of ether oxygens (including phenoxy) is 2. The van der Waals surface area contributed by atoms with Crippen LogP contribution in [0.1, 0.15) is 22.8 Å². The lowest BCUT2D eigenvalue weighted by molar-refractivity contribution is 0.0787. The number of hydrogen-bond acceptors (Lipinski definition) is 5. The average molecular weight is 428 g/mol. The lowest BCUT2D eigenvalue weighted by atomic mass is 10.1. The van der Waals surface area contributed by atoms with E-state index in [0.717, 1.165) is 34.7 Å². The van der Waals surface area contributed by atoms with E-state index in [1.165, 1.54) is 0 Å². The lowest BCUT2D eigenvalue weighted by Gasteiger charge is -2.19. The standard InChI is InChI=1S/C25H24N4O3/c1-31-20-10-8-17(9-11-20)23-27-22-7-4-13-26-24(22)29(23)19-12-14-28(16-19)25(30)18-5-3-6-21(15-18)32-2/h3-11,13,15,19H,12,14,16H2,1-2H3/t19-/m0/s1. The molecule has 7 nitrogen and oxygen atoms in total. The van der Waals surface area contributed by atoms with Gasteiger partial charge in [0, 0.05) is 30.4 Å². The molecule has 1 atom stereocenters. The number of imidazole rings is 1. The summed E-state index contributed by atoms with van der Waals surface area (Å²) in [6, 6.07) is 19.1. The minimum Gasteiger partial charge on any atom is -0.497 e. The minimum absolute atomic E-state index is 0.00905. The summed E-state index contributed by atoms with van der Waals surface area (Å²) in [6.45, 7) is 1.27. The second kappa shape index (κ2) is 8.34. The molecule has 1 aliphatic heterocycles. The number of nitrogens with zero attached hydrogens (tertiary/aromatic N) is 4. The predicted octanol–water partition coefficient (Wildman–Crippen LogP) is 4.20. The van der Waals surface area contributed by atoms with E-state index in [2.05, 4.69) is 9.55 Å². The van der Waals surface area contributed by atoms with Crippen molar-refractivity contribution in [2.24, 2.45) is 0 Å². The van der Waals surface area contributed by atoms with Crippen LogP contribution in [-0.4, -0.2) is 52.7 Å². The van der Waals surface area contributed by atoms with Gasteiger partial charge < -0.3 is 18.9 Å². The van der Waals surface area contributed by atoms with Crippen LogP contribution < -0.4 is 9.47 Å². The summed E-state index contributed by atoms with van der Waals surface area (Å²) in [5.41, 5.74) is 3.30. The van der Waals surface area contributed by atoms with Gasteiger partial charge in [0.25, 0.3) is 5.91 Å². The molecule has 1 aliphatic rings. The van der Waals surface area contributed by atoms with Gasteiger partial charge in [-0.2, -0.15) is 0 Å². The molecule has 0 saturated carbocycles. The van der Waals surface area contributed by atoms with Crippen LogP contribution in [0.15, 0.2) is 66.9 Å². The van der Waals surface area contributed by atoms with Gasteiger partial charge in [0.05, 0.1) is 20.3 Å². The van der Waals surface area contributed by atoms with Crippen LogP contribution in [0.2, 0.25) is 0 Å². The van der Waals surface area contributed by atoms with E-state index in [4.69, 9.17) is 14.5 Å². The first-order chi connectivity index (χ1) is 15.7. The number of hydrogen-bond donors (Lipinski definition) is 0. The largest absolute Gasteiger partial charge is 0.497 e. The summed E-state index contributed by atoms with van der Waals surface area (Å²) in [4.78, 5) is 24.5. The molecule has 2 aromatic carbocycles. The van der Waals surface area contributed by atoms with Crippen LogP contribution in [0.3, 0.4) is 0 Å². The summed E-state index contributed by atoms with van der Waals surface area (Å²) in [6.07, 6.45) is 2.62. The molecule has 0 radical (unpaired) electrons. The van der Waals surface area contributed by atoms with Gasteiger partial charge in [-0.05, 0) is 61.0 Å². The van der Waals surface area contributed by atoms with Gasteiger partial charge in [-0.25, -0.2) is 9.97 Å². The molecule has 0 unspecified atom stereocenters. The third-order valence-corrected chi connectivity index (χ3v) is 5.93. The summed E-state index contributed by atoms with van der Waals surface area (Å²) in [5, 5.41) is 0. The van der Waals surface area contributed by atoms with E-state index in [0.29, 0.717) is 24.4 Å². The molecule has 3 heterocycles. The fraction of sp³-hybridized carbons (Fsp3) is 0.240. The monoisotopic (exact) mass is 428 g/mol. The molecule has 0 N–H and O–H groups in total. The third-order valence-electron chi connectivity index (χ3n) is 5.93. The van der Waals surface area contributed by atoms with Gasteiger partial charge >= 0.3 is 0 Å². The number of rotatable bonds is 5. The molecule has 0 aliphatic carbocycles. The summed E-state index contributed by atoms with van der Waals surface area (Å²) in [5.74, 6) is 2.33. The predicted molar refractivity (Wildman–Crippen MR) is 122 cm³/mol. The Balaban J connectivity index is 1.48. The number of fused-ring (bicyclic) bond motifs is 1. The molecular formula is C25H24N4O3. The van der Waals surface area contributed by atoms with Gasteiger partial charge in [0.1, 0.15) is 22.8 Å². The van der Waals surface area contributed by atoms with Crippen molar-refractivity contribution >= 4 is 17.1 Å². The van der Waals surface area contributed by atoms with Crippen molar-refractivity contribution in [2.45, 2.75) is 12.5 Å². The number of carbonyl (C=O) groups is 1. The molecule has 4 aromatic rings. The molecule has 1 saturated heterocycles. The minimum atomic E-state index is 0.00905. The molecular weight excluding hydrogens is 404 g/mol. The number of carbonyl (C=O) groups excluding carboxylic acids is 1. The first-order valence-corrected chi connectivity index (χ1v) is 10.6. The van der Waals surface area contributed by atoms with Crippen LogP contribution in [0.5, 0.6) is 11.5 Å². The topological polar surface area (TPSA) is 69.5 Å². The van der Waals surface area contributed by atoms with Crippen LogP contribution in [0.4, 0.5) is 0 Å². The molecule has 0 spiro atoms. The Morgan fingerprint density at radius 2 is 1.81 bits per heavy atom. The Morgan fingerprint density at radius 1 is 1.00 bits per heavy atom. The van der Waals surface area contributed by atoms with E-state index in [-0.39, 0.29) is 11.9 Å². The van der Waals surface area contributed by atoms with E-state index in [1.54, 1.807) is 26.5 Å². The van der Waals surface area contributed by atoms with E-state index in [9.17, 15) is 4.79 Å². The highest BCUT2D eigenvalue weighted by Gasteiger charge is 2.31. The Morgan fingerprint density at radius 3 is 2.59 bits per heavy atom. The van der Waals surface area contributed by atoms with Gasteiger partial charge in [0.2, 0.25) is 0 Å². The lowest BCUT2D eigenvalue weighted by Crippen LogP contribution is -2.29. The number of likely N-dealkylation sites (tertiary alicyclic amines) is 1. The van der Waals surface area contributed by atoms with E-state index >= 15 is 0 Å². The first-order valence-electron chi connectivity index (χ1n) is 10.6. The first kappa shape index (κ1) is 20.1. The van der Waals surface area contributed by atoms with Crippen LogP contribution in [0.25, 0.3) is 22.6 Å². The zero-order chi connectivity index (χ0) is 22.1. The van der Waals surface area contributed by atoms with Crippen molar-refractivity contribution < 1.29 is 14.3 Å². The second-order valence-electron chi connectivity index (χ2n) is 7.81. The van der Waals surface area contributed by atoms with Crippen LogP contribution >= 0.6 is 0 Å². The van der Waals surface area contributed by atoms with Crippen molar-refractivity contribution in [3.63, 3.8) is 0 Å². The highest BCUT2D eigenvalue weighted by molar-refractivity contribution is 5.94. The Labute approximate surface area is 186 Å². The zero-order valence-corrected chi connectivity index (χ0v) is 18.1. The molecule has 0 bridgehead atoms. The van der Waals surface area contributed by atoms with Gasteiger partial charge in [0.15, 0.2) is 5.65 Å². The zero-order valence-electron chi connectivity index (χ0n) is 18.1. The third kappa shape index (κ3) is 3.56. The Hall–Kier alpha value is -3.87. The highest BCUT2D eigenvalue weighted by atomic mass is 16.5. The number of methoxy groups -OCH3 is 2. The van der Waals surface area contributed by atoms with E-state index < -0.39 is 0 Å². The average Bonchev–Trinajstić information content (AvgIpc) is 3.48. The molecule has 2 aromatic heterocycles. The van der Waals surface area contributed by atoms with Crippen molar-refractivity contribution in [3.05, 3.63) is 72.4 Å². The Kier molecular flexibility index (Phi) is 5.23. The van der Waals surface area contributed by atoms with Crippen LogP contribution in [0, 0.1) is 0 Å². The second-order valence-corrected chi connectivity index (χ2v) is 7.81. The maximum absolute atomic E-state index is 13.1. The summed E-state index contributed by atoms with van der Waals surface area (Å²) >= 11 is 0. The number of aromatic nitrogens is 3. The maximum Gasteiger partial charge on any atom is 0.254 e. The summed E-state index contributed by atoms with van der Waals surface area (Å²) in [7, 11) is 3.26. The number of benzene rings is 2. The summed E-state index contributed by atoms with van der Waals surface area (Å²) < 4.78 is 12.8. The highest BCUT2D eigenvalue weighted by Crippen LogP contribution is 2.33. The van der Waals surface area contributed by atoms with Crippen molar-refractivity contribution in [1.82, 2.24) is 19.4 Å². The molecule has 32 heavy (non-hydrogen) atoms. The molecule has 1 amide bonds. The quantitative estimate of drug-likeness (QED) is 0.476. The van der Waals surface area contributed by atoms with Gasteiger partial charge in [-0.1, -0.05) is 6.07 Å². The smallest absolute Gasteiger partial charge is 0.254 e. The molecule has 162 valence electrons. The molecule has 5 rings (SSSR count). The van der Waals surface area contributed by atoms with Gasteiger partial charge in [-0.15, -0.1) is 0 Å². The SMILES string of the molecule is COc1ccc(-c2nc3cccnc3n2[C@H]2CCN(C(=O)c3cccc(OC)c3)C2)cc1. The Bertz CT molecular complexity index is 1270. The van der Waals surface area contributed by atoms with Crippen molar-refractivity contribution in [3.8, 4) is 22.9 Å². The molecule has 1 fully saturated rings. The maximum atomic E-state index is 13.1. The fourth-order valence-electron chi connectivity index (χ4n) is 4.29. The van der Waals surface area contributed by atoms with Gasteiger partial charge in [-0.3, -0.25) is 4.79 Å². The van der Waals surface area contributed by atoms with Crippen LogP contribution in [-0.2, 0) is 0 Å². The number of pyridine rings is 1. The van der Waals surface area contributed by atoms with E-state index in [1.807, 2.05) is 59.5 Å².